The summed E-state index contributed by atoms with van der Waals surface area (Å²) in [6.07, 6.45) is 6.29. The van der Waals surface area contributed by atoms with Crippen LogP contribution in [0.5, 0.6) is 5.75 Å². The number of hydrogen-bond donors (Lipinski definition) is 1. The zero-order chi connectivity index (χ0) is 13.5. The molecule has 1 spiro atoms. The van der Waals surface area contributed by atoms with E-state index in [9.17, 15) is 5.11 Å². The number of aliphatic hydroxyl groups is 1. The van der Waals surface area contributed by atoms with Crippen molar-refractivity contribution in [1.82, 2.24) is 0 Å². The van der Waals surface area contributed by atoms with Crippen LogP contribution in [-0.4, -0.2) is 10.7 Å². The molecule has 3 rings (SSSR count). The van der Waals surface area contributed by atoms with Gasteiger partial charge in [-0.1, -0.05) is 25.0 Å². The molecule has 1 aromatic rings. The first kappa shape index (κ1) is 13.0. The van der Waals surface area contributed by atoms with Gasteiger partial charge in [0.2, 0.25) is 0 Å². The maximum absolute atomic E-state index is 10.5. The quantitative estimate of drug-likeness (QED) is 0.759. The third-order valence-electron chi connectivity index (χ3n) is 4.84. The van der Waals surface area contributed by atoms with Gasteiger partial charge in [-0.05, 0) is 50.7 Å². The van der Waals surface area contributed by atoms with Gasteiger partial charge in [-0.25, -0.2) is 0 Å². The molecule has 1 fully saturated rings. The van der Waals surface area contributed by atoms with E-state index >= 15 is 0 Å². The Morgan fingerprint density at radius 2 is 2.11 bits per heavy atom. The van der Waals surface area contributed by atoms with Crippen LogP contribution in [0.4, 0.5) is 0 Å². The minimum absolute atomic E-state index is 0.119. The van der Waals surface area contributed by atoms with Crippen LogP contribution in [0.1, 0.15) is 62.7 Å². The van der Waals surface area contributed by atoms with Crippen molar-refractivity contribution in [1.29, 1.82) is 0 Å². The second-order valence-corrected chi connectivity index (χ2v) is 6.58. The Labute approximate surface area is 115 Å². The van der Waals surface area contributed by atoms with Crippen molar-refractivity contribution in [2.45, 2.75) is 64.1 Å². The van der Waals surface area contributed by atoms with Crippen molar-refractivity contribution >= 4 is 0 Å². The number of rotatable bonds is 0. The summed E-state index contributed by atoms with van der Waals surface area (Å²) in [6, 6.07) is 6.17. The predicted molar refractivity (Wildman–Crippen MR) is 76.4 cm³/mol. The summed E-state index contributed by atoms with van der Waals surface area (Å²) in [5, 5.41) is 10.5. The van der Waals surface area contributed by atoms with Gasteiger partial charge >= 0.3 is 0 Å². The van der Waals surface area contributed by atoms with Crippen LogP contribution in [0.3, 0.4) is 0 Å². The normalized spacial score (nSPS) is 34.5. The van der Waals surface area contributed by atoms with E-state index in [1.165, 1.54) is 24.8 Å². The molecule has 2 nitrogen and oxygen atoms in total. The Kier molecular flexibility index (Phi) is 3.30. The highest BCUT2D eigenvalue weighted by Gasteiger charge is 2.41. The van der Waals surface area contributed by atoms with E-state index in [0.717, 1.165) is 36.5 Å². The van der Waals surface area contributed by atoms with Gasteiger partial charge in [0.25, 0.3) is 0 Å². The summed E-state index contributed by atoms with van der Waals surface area (Å²) < 4.78 is 6.35. The lowest BCUT2D eigenvalue weighted by Crippen LogP contribution is -2.40. The minimum Gasteiger partial charge on any atom is -0.487 e. The SMILES string of the molecule is Cc1ccc2c(c1)[C@@H](O)CC1(CCCC(C)CC1)O2. The molecule has 3 atom stereocenters. The van der Waals surface area contributed by atoms with Crippen molar-refractivity contribution in [3.8, 4) is 5.75 Å². The third kappa shape index (κ3) is 2.51. The van der Waals surface area contributed by atoms with E-state index in [4.69, 9.17) is 4.74 Å². The molecule has 0 aromatic heterocycles. The number of aryl methyl sites for hydroxylation is 1. The Morgan fingerprint density at radius 3 is 2.95 bits per heavy atom. The topological polar surface area (TPSA) is 29.5 Å². The van der Waals surface area contributed by atoms with Crippen molar-refractivity contribution in [2.24, 2.45) is 5.92 Å². The van der Waals surface area contributed by atoms with Crippen LogP contribution in [-0.2, 0) is 0 Å². The number of hydrogen-bond acceptors (Lipinski definition) is 2. The lowest BCUT2D eigenvalue weighted by atomic mass is 9.83. The Bertz CT molecular complexity index is 468. The fourth-order valence-electron chi connectivity index (χ4n) is 3.62. The average Bonchev–Trinajstić information content (AvgIpc) is 2.54. The monoisotopic (exact) mass is 260 g/mol. The van der Waals surface area contributed by atoms with E-state index < -0.39 is 0 Å². The van der Waals surface area contributed by atoms with Gasteiger partial charge in [0.15, 0.2) is 0 Å². The maximum atomic E-state index is 10.5. The number of benzene rings is 1. The summed E-state index contributed by atoms with van der Waals surface area (Å²) in [7, 11) is 0. The molecule has 2 aliphatic rings. The Balaban J connectivity index is 1.89. The molecule has 2 heteroatoms. The lowest BCUT2D eigenvalue weighted by molar-refractivity contribution is -0.0250. The molecule has 2 unspecified atom stereocenters. The Hall–Kier alpha value is -1.02. The molecule has 0 amide bonds. The zero-order valence-electron chi connectivity index (χ0n) is 12.0. The van der Waals surface area contributed by atoms with Gasteiger partial charge in [0, 0.05) is 12.0 Å². The first-order valence-corrected chi connectivity index (χ1v) is 7.56. The molecule has 1 aliphatic carbocycles. The van der Waals surface area contributed by atoms with E-state index in [-0.39, 0.29) is 11.7 Å². The van der Waals surface area contributed by atoms with E-state index in [0.29, 0.717) is 0 Å². The summed E-state index contributed by atoms with van der Waals surface area (Å²) in [6.45, 7) is 4.39. The first-order chi connectivity index (χ1) is 9.08. The van der Waals surface area contributed by atoms with Gasteiger partial charge in [-0.2, -0.15) is 0 Å². The third-order valence-corrected chi connectivity index (χ3v) is 4.84. The van der Waals surface area contributed by atoms with E-state index in [2.05, 4.69) is 26.0 Å². The van der Waals surface area contributed by atoms with E-state index in [1.54, 1.807) is 0 Å². The van der Waals surface area contributed by atoms with Crippen LogP contribution in [0.15, 0.2) is 18.2 Å². The maximum Gasteiger partial charge on any atom is 0.125 e. The lowest BCUT2D eigenvalue weighted by Gasteiger charge is -2.40. The van der Waals surface area contributed by atoms with E-state index in [1.807, 2.05) is 6.07 Å². The predicted octanol–water partition coefficient (Wildman–Crippen LogP) is 4.15. The number of aliphatic hydroxyl groups excluding tert-OH is 1. The van der Waals surface area contributed by atoms with Gasteiger partial charge in [0.05, 0.1) is 6.10 Å². The van der Waals surface area contributed by atoms with Crippen molar-refractivity contribution in [3.63, 3.8) is 0 Å². The molecule has 0 radical (unpaired) electrons. The van der Waals surface area contributed by atoms with Crippen LogP contribution in [0.2, 0.25) is 0 Å². The number of fused-ring (bicyclic) bond motifs is 1. The molecule has 1 N–H and O–H groups in total. The van der Waals surface area contributed by atoms with Gasteiger partial charge in [-0.15, -0.1) is 0 Å². The fraction of sp³-hybridized carbons (Fsp3) is 0.647. The second-order valence-electron chi connectivity index (χ2n) is 6.58. The molecular formula is C17H24O2. The van der Waals surface area contributed by atoms with Crippen LogP contribution >= 0.6 is 0 Å². The van der Waals surface area contributed by atoms with Gasteiger partial charge in [-0.3, -0.25) is 0 Å². The molecular weight excluding hydrogens is 236 g/mol. The molecule has 104 valence electrons. The van der Waals surface area contributed by atoms with Crippen LogP contribution in [0.25, 0.3) is 0 Å². The minimum atomic E-state index is -0.364. The molecule has 1 heterocycles. The first-order valence-electron chi connectivity index (χ1n) is 7.56. The van der Waals surface area contributed by atoms with Crippen molar-refractivity contribution in [3.05, 3.63) is 29.3 Å². The van der Waals surface area contributed by atoms with Crippen LogP contribution in [0, 0.1) is 12.8 Å². The highest BCUT2D eigenvalue weighted by atomic mass is 16.5. The summed E-state index contributed by atoms with van der Waals surface area (Å²) in [5.74, 6) is 1.69. The largest absolute Gasteiger partial charge is 0.487 e. The molecule has 0 saturated heterocycles. The van der Waals surface area contributed by atoms with Gasteiger partial charge in [0.1, 0.15) is 11.4 Å². The average molecular weight is 260 g/mol. The van der Waals surface area contributed by atoms with Crippen molar-refractivity contribution < 1.29 is 9.84 Å². The van der Waals surface area contributed by atoms with Gasteiger partial charge < -0.3 is 9.84 Å². The zero-order valence-corrected chi connectivity index (χ0v) is 12.0. The molecule has 1 saturated carbocycles. The summed E-state index contributed by atoms with van der Waals surface area (Å²) in [4.78, 5) is 0. The van der Waals surface area contributed by atoms with Crippen molar-refractivity contribution in [2.75, 3.05) is 0 Å². The molecule has 1 aliphatic heterocycles. The number of ether oxygens (including phenoxy) is 1. The standard InChI is InChI=1S/C17H24O2/c1-12-4-3-8-17(9-7-12)11-15(18)14-10-13(2)5-6-16(14)19-17/h5-6,10,12,15,18H,3-4,7-9,11H2,1-2H3/t12?,15-,17?/m0/s1. The molecule has 0 bridgehead atoms. The Morgan fingerprint density at radius 1 is 1.26 bits per heavy atom. The second kappa shape index (κ2) is 4.82. The highest BCUT2D eigenvalue weighted by molar-refractivity contribution is 5.40. The highest BCUT2D eigenvalue weighted by Crippen LogP contribution is 2.46. The summed E-state index contributed by atoms with van der Waals surface area (Å²) in [5.41, 5.74) is 2.04. The molecule has 19 heavy (non-hydrogen) atoms. The molecule has 1 aromatic carbocycles. The smallest absolute Gasteiger partial charge is 0.125 e. The fourth-order valence-corrected chi connectivity index (χ4v) is 3.62. The summed E-state index contributed by atoms with van der Waals surface area (Å²) >= 11 is 0. The van der Waals surface area contributed by atoms with Crippen LogP contribution < -0.4 is 4.74 Å².